The number of nitrogens with one attached hydrogen (secondary N) is 1. The van der Waals surface area contributed by atoms with Gasteiger partial charge in [-0.25, -0.2) is 13.6 Å². The third-order valence-electron chi connectivity index (χ3n) is 4.53. The molecule has 7 heteroatoms. The molecular formula is C24H21F2NO4. The van der Waals surface area contributed by atoms with Crippen molar-refractivity contribution in [2.45, 2.75) is 25.5 Å². The van der Waals surface area contributed by atoms with Crippen LogP contribution in [0.4, 0.5) is 8.78 Å². The molecule has 0 spiro atoms. The summed E-state index contributed by atoms with van der Waals surface area (Å²) < 4.78 is 32.2. The molecule has 0 aliphatic rings. The zero-order valence-electron chi connectivity index (χ0n) is 16.6. The molecule has 3 rings (SSSR count). The Balaban J connectivity index is 1.56. The molecule has 0 aromatic heterocycles. The van der Waals surface area contributed by atoms with Crippen molar-refractivity contribution in [1.82, 2.24) is 5.32 Å². The van der Waals surface area contributed by atoms with Gasteiger partial charge in [0, 0.05) is 12.5 Å². The van der Waals surface area contributed by atoms with Crippen molar-refractivity contribution in [3.8, 4) is 5.75 Å². The van der Waals surface area contributed by atoms with E-state index in [0.717, 1.165) is 17.7 Å². The van der Waals surface area contributed by atoms with Crippen LogP contribution in [0.5, 0.6) is 5.75 Å². The summed E-state index contributed by atoms with van der Waals surface area (Å²) in [5.41, 5.74) is 1.84. The molecule has 0 saturated carbocycles. The highest BCUT2D eigenvalue weighted by Crippen LogP contribution is 2.16. The van der Waals surface area contributed by atoms with Crippen molar-refractivity contribution in [3.05, 3.63) is 101 Å². The predicted octanol–water partition coefficient (Wildman–Crippen LogP) is 3.90. The fourth-order valence-electron chi connectivity index (χ4n) is 3.04. The molecule has 5 nitrogen and oxygen atoms in total. The first-order chi connectivity index (χ1) is 14.9. The highest BCUT2D eigenvalue weighted by atomic mass is 19.1. The average Bonchev–Trinajstić information content (AvgIpc) is 2.72. The Morgan fingerprint density at radius 3 is 2.13 bits per heavy atom. The van der Waals surface area contributed by atoms with E-state index in [-0.39, 0.29) is 18.4 Å². The topological polar surface area (TPSA) is 75.6 Å². The van der Waals surface area contributed by atoms with Gasteiger partial charge in [-0.2, -0.15) is 0 Å². The minimum absolute atomic E-state index is 0.0531. The minimum Gasteiger partial charge on any atom is -0.489 e. The number of hydrogen-bond acceptors (Lipinski definition) is 3. The molecule has 3 aromatic rings. The van der Waals surface area contributed by atoms with Gasteiger partial charge in [0.1, 0.15) is 30.0 Å². The van der Waals surface area contributed by atoms with Crippen molar-refractivity contribution in [2.24, 2.45) is 0 Å². The van der Waals surface area contributed by atoms with Crippen LogP contribution in [0.2, 0.25) is 0 Å². The maximum atomic E-state index is 13.3. The van der Waals surface area contributed by atoms with Gasteiger partial charge in [0.15, 0.2) is 0 Å². The number of rotatable bonds is 9. The highest BCUT2D eigenvalue weighted by Gasteiger charge is 2.21. The molecule has 31 heavy (non-hydrogen) atoms. The van der Waals surface area contributed by atoms with E-state index in [1.807, 2.05) is 30.3 Å². The average molecular weight is 425 g/mol. The van der Waals surface area contributed by atoms with E-state index in [2.05, 4.69) is 5.32 Å². The second kappa shape index (κ2) is 10.3. The Labute approximate surface area is 178 Å². The number of benzene rings is 3. The molecule has 0 fully saturated rings. The Kier molecular flexibility index (Phi) is 7.32. The van der Waals surface area contributed by atoms with E-state index < -0.39 is 29.6 Å². The quantitative estimate of drug-likeness (QED) is 0.545. The largest absolute Gasteiger partial charge is 0.489 e. The number of carboxylic acid groups (broad SMARTS) is 1. The first-order valence-corrected chi connectivity index (χ1v) is 9.62. The summed E-state index contributed by atoms with van der Waals surface area (Å²) in [7, 11) is 0. The second-order valence-electron chi connectivity index (χ2n) is 7.04. The number of halogens is 2. The standard InChI is InChI=1S/C24H21F2NO4/c25-19-10-18(11-20(26)14-19)13-23(28)27-22(24(29)30)12-16-6-8-21(9-7-16)31-15-17-4-2-1-3-5-17/h1-11,14,22H,12-13,15H2,(H,27,28)(H,29,30)/t22-/m1/s1. The van der Waals surface area contributed by atoms with E-state index >= 15 is 0 Å². The van der Waals surface area contributed by atoms with Gasteiger partial charge in [-0.05, 0) is 41.0 Å². The fraction of sp³-hybridized carbons (Fsp3) is 0.167. The number of carbonyl (C=O) groups excluding carboxylic acids is 1. The molecule has 0 aliphatic heterocycles. The molecule has 0 saturated heterocycles. The minimum atomic E-state index is -1.21. The zero-order valence-corrected chi connectivity index (χ0v) is 16.6. The molecule has 0 aliphatic carbocycles. The first-order valence-electron chi connectivity index (χ1n) is 9.62. The van der Waals surface area contributed by atoms with Crippen molar-refractivity contribution in [3.63, 3.8) is 0 Å². The summed E-state index contributed by atoms with van der Waals surface area (Å²) in [6.07, 6.45) is -0.276. The summed E-state index contributed by atoms with van der Waals surface area (Å²) in [6.45, 7) is 0.411. The number of hydrogen-bond donors (Lipinski definition) is 2. The van der Waals surface area contributed by atoms with E-state index in [1.165, 1.54) is 0 Å². The van der Waals surface area contributed by atoms with Crippen LogP contribution in [-0.2, 0) is 29.0 Å². The van der Waals surface area contributed by atoms with Crippen molar-refractivity contribution in [1.29, 1.82) is 0 Å². The van der Waals surface area contributed by atoms with Crippen LogP contribution in [0.15, 0.2) is 72.8 Å². The number of aliphatic carboxylic acids is 1. The number of ether oxygens (including phenoxy) is 1. The van der Waals surface area contributed by atoms with Gasteiger partial charge in [0.2, 0.25) is 5.91 Å². The molecule has 1 atom stereocenters. The van der Waals surface area contributed by atoms with E-state index in [0.29, 0.717) is 24.0 Å². The summed E-state index contributed by atoms with van der Waals surface area (Å²) in [5, 5.41) is 11.8. The molecule has 0 radical (unpaired) electrons. The van der Waals surface area contributed by atoms with Crippen LogP contribution in [0, 0.1) is 11.6 Å². The molecule has 2 N–H and O–H groups in total. The monoisotopic (exact) mass is 425 g/mol. The highest BCUT2D eigenvalue weighted by molar-refractivity contribution is 5.85. The fourth-order valence-corrected chi connectivity index (χ4v) is 3.04. The SMILES string of the molecule is O=C(Cc1cc(F)cc(F)c1)N[C@H](Cc1ccc(OCc2ccccc2)cc1)C(=O)O. The van der Waals surface area contributed by atoms with Crippen LogP contribution in [-0.4, -0.2) is 23.0 Å². The van der Waals surface area contributed by atoms with Gasteiger partial charge in [-0.3, -0.25) is 4.79 Å². The number of amides is 1. The molecule has 1 amide bonds. The third kappa shape index (κ3) is 6.92. The Hall–Kier alpha value is -3.74. The van der Waals surface area contributed by atoms with Crippen LogP contribution in [0.25, 0.3) is 0 Å². The van der Waals surface area contributed by atoms with Gasteiger partial charge < -0.3 is 15.2 Å². The van der Waals surface area contributed by atoms with Gasteiger partial charge in [-0.1, -0.05) is 42.5 Å². The lowest BCUT2D eigenvalue weighted by Crippen LogP contribution is -2.43. The maximum absolute atomic E-state index is 13.3. The second-order valence-corrected chi connectivity index (χ2v) is 7.04. The zero-order chi connectivity index (χ0) is 22.2. The van der Waals surface area contributed by atoms with Gasteiger partial charge >= 0.3 is 5.97 Å². The molecule has 160 valence electrons. The predicted molar refractivity (Wildman–Crippen MR) is 111 cm³/mol. The van der Waals surface area contributed by atoms with Gasteiger partial charge in [0.05, 0.1) is 6.42 Å². The van der Waals surface area contributed by atoms with E-state index in [1.54, 1.807) is 24.3 Å². The van der Waals surface area contributed by atoms with E-state index in [4.69, 9.17) is 4.74 Å². The van der Waals surface area contributed by atoms with Crippen molar-refractivity contribution >= 4 is 11.9 Å². The maximum Gasteiger partial charge on any atom is 0.326 e. The summed E-state index contributed by atoms with van der Waals surface area (Å²) >= 11 is 0. The summed E-state index contributed by atoms with van der Waals surface area (Å²) in [4.78, 5) is 23.7. The van der Waals surface area contributed by atoms with Crippen LogP contribution in [0.1, 0.15) is 16.7 Å². The first kappa shape index (κ1) is 22.0. The molecule has 0 bridgehead atoms. The number of carbonyl (C=O) groups is 2. The lowest BCUT2D eigenvalue weighted by Gasteiger charge is -2.15. The van der Waals surface area contributed by atoms with Gasteiger partial charge in [0.25, 0.3) is 0 Å². The smallest absolute Gasteiger partial charge is 0.326 e. The van der Waals surface area contributed by atoms with Crippen LogP contribution >= 0.6 is 0 Å². The molecule has 0 heterocycles. The Morgan fingerprint density at radius 2 is 1.52 bits per heavy atom. The normalized spacial score (nSPS) is 11.5. The van der Waals surface area contributed by atoms with E-state index in [9.17, 15) is 23.5 Å². The Morgan fingerprint density at radius 1 is 0.871 bits per heavy atom. The summed E-state index contributed by atoms with van der Waals surface area (Å²) in [6, 6.07) is 18.2. The lowest BCUT2D eigenvalue weighted by atomic mass is 10.0. The molecule has 3 aromatic carbocycles. The van der Waals surface area contributed by atoms with Crippen molar-refractivity contribution in [2.75, 3.05) is 0 Å². The van der Waals surface area contributed by atoms with Crippen LogP contribution < -0.4 is 10.1 Å². The molecular weight excluding hydrogens is 404 g/mol. The summed E-state index contributed by atoms with van der Waals surface area (Å²) in [5.74, 6) is -2.81. The lowest BCUT2D eigenvalue weighted by molar-refractivity contribution is -0.141. The molecule has 0 unspecified atom stereocenters. The van der Waals surface area contributed by atoms with Gasteiger partial charge in [-0.15, -0.1) is 0 Å². The third-order valence-corrected chi connectivity index (χ3v) is 4.53. The number of carboxylic acids is 1. The van der Waals surface area contributed by atoms with Crippen molar-refractivity contribution < 1.29 is 28.2 Å². The Bertz CT molecular complexity index is 1020. The van der Waals surface area contributed by atoms with Crippen LogP contribution in [0.3, 0.4) is 0 Å².